The molecule has 1 aliphatic carbocycles. The fourth-order valence-electron chi connectivity index (χ4n) is 3.67. The minimum atomic E-state index is -0.0804. The quantitative estimate of drug-likeness (QED) is 0.850. The third-order valence-electron chi connectivity index (χ3n) is 5.06. The Labute approximate surface area is 143 Å². The first-order chi connectivity index (χ1) is 11.8. The number of carbonyl (C=O) groups excluding carboxylic acids is 1. The van der Waals surface area contributed by atoms with Gasteiger partial charge >= 0.3 is 0 Å². The maximum atomic E-state index is 12.9. The largest absolute Gasteiger partial charge is 0.368 e. The Balaban J connectivity index is 1.37. The van der Waals surface area contributed by atoms with Crippen LogP contribution in [0.2, 0.25) is 0 Å². The van der Waals surface area contributed by atoms with Crippen LogP contribution in [0.5, 0.6) is 0 Å². The number of hydrogen-bond donors (Lipinski definition) is 0. The molecule has 3 heteroatoms. The Morgan fingerprint density at radius 1 is 0.917 bits per heavy atom. The molecule has 1 atom stereocenters. The molecule has 3 nitrogen and oxygen atoms in total. The van der Waals surface area contributed by atoms with Crippen LogP contribution in [-0.2, 0) is 11.2 Å². The lowest BCUT2D eigenvalue weighted by molar-refractivity contribution is -0.135. The van der Waals surface area contributed by atoms with Gasteiger partial charge in [-0.1, -0.05) is 42.5 Å². The van der Waals surface area contributed by atoms with Gasteiger partial charge in [-0.3, -0.25) is 4.79 Å². The standard InChI is InChI=1S/C21H22N2O/c24-21(19-11-10-17-6-4-5-7-18(17)16-19)23-14-12-22(13-15-23)20-8-2-1-3-9-20/h1-9,19H,10-15H2. The number of aryl methyl sites for hydroxylation is 1. The van der Waals surface area contributed by atoms with Gasteiger partial charge in [0.15, 0.2) is 0 Å². The molecule has 0 spiro atoms. The Morgan fingerprint density at radius 3 is 2.42 bits per heavy atom. The summed E-state index contributed by atoms with van der Waals surface area (Å²) in [5.41, 5.74) is 3.68. The Hall–Kier alpha value is -2.29. The van der Waals surface area contributed by atoms with E-state index in [1.165, 1.54) is 11.3 Å². The summed E-state index contributed by atoms with van der Waals surface area (Å²) in [4.78, 5) is 17.2. The molecular weight excluding hydrogens is 296 g/mol. The molecule has 1 amide bonds. The zero-order valence-corrected chi connectivity index (χ0v) is 13.8. The molecule has 1 saturated heterocycles. The van der Waals surface area contributed by atoms with Crippen molar-refractivity contribution < 1.29 is 4.79 Å². The van der Waals surface area contributed by atoms with E-state index in [2.05, 4.69) is 53.8 Å². The average Bonchev–Trinajstić information content (AvgIpc) is 2.68. The number of piperazine rings is 1. The van der Waals surface area contributed by atoms with Crippen molar-refractivity contribution in [2.24, 2.45) is 5.92 Å². The van der Waals surface area contributed by atoms with E-state index in [9.17, 15) is 4.79 Å². The maximum absolute atomic E-state index is 12.9. The zero-order chi connectivity index (χ0) is 16.4. The highest BCUT2D eigenvalue weighted by atomic mass is 16.2. The van der Waals surface area contributed by atoms with Crippen LogP contribution in [0.15, 0.2) is 54.6 Å². The van der Waals surface area contributed by atoms with Gasteiger partial charge in [-0.05, 0) is 36.1 Å². The molecule has 1 unspecified atom stereocenters. The van der Waals surface area contributed by atoms with Crippen molar-refractivity contribution in [3.8, 4) is 0 Å². The maximum Gasteiger partial charge on any atom is 0.226 e. The molecule has 1 aliphatic heterocycles. The van der Waals surface area contributed by atoms with Crippen LogP contribution in [-0.4, -0.2) is 37.0 Å². The fraction of sp³-hybridized carbons (Fsp3) is 0.333. The van der Waals surface area contributed by atoms with E-state index in [1.807, 2.05) is 17.0 Å². The molecule has 0 bridgehead atoms. The van der Waals surface area contributed by atoms with Crippen LogP contribution in [0.4, 0.5) is 5.69 Å². The fourth-order valence-corrected chi connectivity index (χ4v) is 3.67. The van der Waals surface area contributed by atoms with Crippen LogP contribution in [0, 0.1) is 12.3 Å². The summed E-state index contributed by atoms with van der Waals surface area (Å²) in [6.45, 7) is 3.40. The molecule has 1 heterocycles. The van der Waals surface area contributed by atoms with Crippen LogP contribution in [0.25, 0.3) is 0 Å². The molecule has 1 fully saturated rings. The van der Waals surface area contributed by atoms with Gasteiger partial charge < -0.3 is 9.80 Å². The van der Waals surface area contributed by atoms with E-state index >= 15 is 0 Å². The lowest BCUT2D eigenvalue weighted by atomic mass is 9.83. The summed E-state index contributed by atoms with van der Waals surface area (Å²) >= 11 is 0. The van der Waals surface area contributed by atoms with Crippen molar-refractivity contribution in [2.75, 3.05) is 31.1 Å². The van der Waals surface area contributed by atoms with Gasteiger partial charge in [0.25, 0.3) is 0 Å². The van der Waals surface area contributed by atoms with Gasteiger partial charge in [0.1, 0.15) is 0 Å². The number of fused-ring (bicyclic) bond motifs is 1. The number of nitrogens with zero attached hydrogens (tertiary/aromatic N) is 2. The number of rotatable bonds is 2. The lowest BCUT2D eigenvalue weighted by Crippen LogP contribution is -2.50. The highest BCUT2D eigenvalue weighted by Gasteiger charge is 2.30. The first-order valence-corrected chi connectivity index (χ1v) is 8.74. The lowest BCUT2D eigenvalue weighted by Gasteiger charge is -2.38. The van der Waals surface area contributed by atoms with Crippen molar-refractivity contribution >= 4 is 11.6 Å². The summed E-state index contributed by atoms with van der Waals surface area (Å²) in [5, 5.41) is 0. The van der Waals surface area contributed by atoms with Gasteiger partial charge in [-0.15, -0.1) is 0 Å². The summed E-state index contributed by atoms with van der Waals surface area (Å²) in [5.74, 6) is 0.167. The number of hydrogen-bond acceptors (Lipinski definition) is 2. The molecule has 2 aliphatic rings. The normalized spacial score (nSPS) is 20.6. The molecule has 4 rings (SSSR count). The van der Waals surface area contributed by atoms with E-state index < -0.39 is 0 Å². The van der Waals surface area contributed by atoms with Crippen molar-refractivity contribution in [3.05, 3.63) is 72.1 Å². The zero-order valence-electron chi connectivity index (χ0n) is 13.8. The summed E-state index contributed by atoms with van der Waals surface area (Å²) in [7, 11) is 0. The van der Waals surface area contributed by atoms with Crippen LogP contribution >= 0.6 is 0 Å². The first-order valence-electron chi connectivity index (χ1n) is 8.74. The van der Waals surface area contributed by atoms with Crippen LogP contribution in [0.3, 0.4) is 0 Å². The van der Waals surface area contributed by atoms with Crippen LogP contribution in [0.1, 0.15) is 17.5 Å². The topological polar surface area (TPSA) is 23.6 Å². The van der Waals surface area contributed by atoms with E-state index in [4.69, 9.17) is 0 Å². The van der Waals surface area contributed by atoms with Crippen molar-refractivity contribution in [3.63, 3.8) is 0 Å². The van der Waals surface area contributed by atoms with Crippen LogP contribution < -0.4 is 4.90 Å². The highest BCUT2D eigenvalue weighted by molar-refractivity contribution is 5.81. The molecule has 2 aromatic carbocycles. The predicted octanol–water partition coefficient (Wildman–Crippen LogP) is 3.03. The second kappa shape index (κ2) is 6.68. The molecule has 2 aromatic rings. The molecular formula is C21H22N2O. The molecule has 2 radical (unpaired) electrons. The van der Waals surface area contributed by atoms with Crippen molar-refractivity contribution in [1.82, 2.24) is 4.90 Å². The second-order valence-electron chi connectivity index (χ2n) is 6.54. The second-order valence-corrected chi connectivity index (χ2v) is 6.54. The summed E-state index contributed by atoms with van der Waals surface area (Å²) < 4.78 is 0. The third kappa shape index (κ3) is 3.03. The number of anilines is 1. The minimum Gasteiger partial charge on any atom is -0.368 e. The van der Waals surface area contributed by atoms with Crippen molar-refractivity contribution in [1.29, 1.82) is 0 Å². The van der Waals surface area contributed by atoms with E-state index in [0.29, 0.717) is 0 Å². The Morgan fingerprint density at radius 2 is 1.62 bits per heavy atom. The number of para-hydroxylation sites is 1. The van der Waals surface area contributed by atoms with E-state index in [1.54, 1.807) is 0 Å². The number of carbonyl (C=O) groups is 1. The molecule has 24 heavy (non-hydrogen) atoms. The molecule has 0 N–H and O–H groups in total. The van der Waals surface area contributed by atoms with Crippen molar-refractivity contribution in [2.45, 2.75) is 12.8 Å². The van der Waals surface area contributed by atoms with E-state index in [0.717, 1.165) is 44.6 Å². The monoisotopic (exact) mass is 318 g/mol. The first kappa shape index (κ1) is 15.3. The minimum absolute atomic E-state index is 0.0804. The third-order valence-corrected chi connectivity index (χ3v) is 5.06. The van der Waals surface area contributed by atoms with Gasteiger partial charge in [0, 0.05) is 44.2 Å². The Kier molecular flexibility index (Phi) is 4.24. The number of amides is 1. The van der Waals surface area contributed by atoms with Gasteiger partial charge in [-0.25, -0.2) is 0 Å². The Bertz CT molecular complexity index is 705. The average molecular weight is 318 g/mol. The molecule has 122 valence electrons. The smallest absolute Gasteiger partial charge is 0.226 e. The predicted molar refractivity (Wildman–Crippen MR) is 95.8 cm³/mol. The van der Waals surface area contributed by atoms with Gasteiger partial charge in [0.05, 0.1) is 0 Å². The summed E-state index contributed by atoms with van der Waals surface area (Å²) in [6.07, 6.45) is 5.29. The van der Waals surface area contributed by atoms with Gasteiger partial charge in [0.2, 0.25) is 5.91 Å². The van der Waals surface area contributed by atoms with Gasteiger partial charge in [-0.2, -0.15) is 0 Å². The van der Waals surface area contributed by atoms with E-state index in [-0.39, 0.29) is 11.8 Å². The summed E-state index contributed by atoms with van der Waals surface area (Å²) in [6, 6.07) is 18.7. The SMILES string of the molecule is O=C(C1[C]c2ccccc2CC1)N1CCN(c2ccccc2)CC1. The number of benzene rings is 2. The highest BCUT2D eigenvalue weighted by Crippen LogP contribution is 2.29. The molecule has 0 saturated carbocycles. The molecule has 0 aromatic heterocycles.